The first kappa shape index (κ1) is 16.3. The van der Waals surface area contributed by atoms with Gasteiger partial charge < -0.3 is 15.7 Å². The topological polar surface area (TPSA) is 64.6 Å². The third-order valence-electron chi connectivity index (χ3n) is 5.09. The highest BCUT2D eigenvalue weighted by Crippen LogP contribution is 2.30. The molecule has 0 bridgehead atoms. The van der Waals surface area contributed by atoms with Crippen molar-refractivity contribution in [3.63, 3.8) is 0 Å². The molecule has 1 aromatic carbocycles. The zero-order valence-corrected chi connectivity index (χ0v) is 13.6. The van der Waals surface area contributed by atoms with Crippen molar-refractivity contribution in [1.82, 2.24) is 15.5 Å². The monoisotopic (exact) mass is 317 g/mol. The lowest BCUT2D eigenvalue weighted by Gasteiger charge is -2.36. The second-order valence-electron chi connectivity index (χ2n) is 6.89. The van der Waals surface area contributed by atoms with Crippen LogP contribution in [0.15, 0.2) is 30.3 Å². The molecule has 2 fully saturated rings. The SMILES string of the molecule is O=C(NC[C@H]1CCCN1Cc1ccccc1)NCC1(O)CCC1. The number of nitrogens with one attached hydrogen (secondary N) is 2. The molecule has 5 heteroatoms. The van der Waals surface area contributed by atoms with Gasteiger partial charge in [0, 0.05) is 25.7 Å². The molecule has 0 radical (unpaired) electrons. The molecule has 3 rings (SSSR count). The predicted molar refractivity (Wildman–Crippen MR) is 90.1 cm³/mol. The Bertz CT molecular complexity index is 516. The number of carbonyl (C=O) groups is 1. The molecule has 0 aromatic heterocycles. The Hall–Kier alpha value is -1.59. The second-order valence-corrected chi connectivity index (χ2v) is 6.89. The van der Waals surface area contributed by atoms with Gasteiger partial charge in [-0.2, -0.15) is 0 Å². The Morgan fingerprint density at radius 1 is 1.22 bits per heavy atom. The molecule has 5 nitrogen and oxygen atoms in total. The third-order valence-corrected chi connectivity index (χ3v) is 5.09. The number of aliphatic hydroxyl groups is 1. The Morgan fingerprint density at radius 3 is 2.70 bits per heavy atom. The summed E-state index contributed by atoms with van der Waals surface area (Å²) in [6.45, 7) is 3.05. The highest BCUT2D eigenvalue weighted by Gasteiger charge is 2.34. The van der Waals surface area contributed by atoms with Crippen molar-refractivity contribution < 1.29 is 9.90 Å². The van der Waals surface area contributed by atoms with Crippen LogP contribution in [0.1, 0.15) is 37.7 Å². The van der Waals surface area contributed by atoms with Crippen LogP contribution in [-0.2, 0) is 6.54 Å². The summed E-state index contributed by atoms with van der Waals surface area (Å²) in [6, 6.07) is 10.7. The molecule has 2 amide bonds. The quantitative estimate of drug-likeness (QED) is 0.750. The van der Waals surface area contributed by atoms with E-state index in [0.717, 1.165) is 38.8 Å². The van der Waals surface area contributed by atoms with Gasteiger partial charge in [0.15, 0.2) is 0 Å². The fourth-order valence-electron chi connectivity index (χ4n) is 3.43. The summed E-state index contributed by atoms with van der Waals surface area (Å²) >= 11 is 0. The molecule has 23 heavy (non-hydrogen) atoms. The van der Waals surface area contributed by atoms with Gasteiger partial charge in [-0.15, -0.1) is 0 Å². The Labute approximate surface area is 138 Å². The van der Waals surface area contributed by atoms with Gasteiger partial charge in [-0.1, -0.05) is 30.3 Å². The molecule has 1 aliphatic heterocycles. The summed E-state index contributed by atoms with van der Waals surface area (Å²) in [6.07, 6.45) is 4.94. The molecule has 1 saturated heterocycles. The number of likely N-dealkylation sites (tertiary alicyclic amines) is 1. The normalized spacial score (nSPS) is 23.3. The van der Waals surface area contributed by atoms with Crippen molar-refractivity contribution in [1.29, 1.82) is 0 Å². The Morgan fingerprint density at radius 2 is 2.00 bits per heavy atom. The van der Waals surface area contributed by atoms with Gasteiger partial charge in [0.2, 0.25) is 0 Å². The molecule has 1 aliphatic carbocycles. The first-order valence-electron chi connectivity index (χ1n) is 8.67. The minimum atomic E-state index is -0.663. The van der Waals surface area contributed by atoms with Crippen molar-refractivity contribution >= 4 is 6.03 Å². The van der Waals surface area contributed by atoms with E-state index in [-0.39, 0.29) is 6.03 Å². The zero-order chi connectivity index (χ0) is 16.1. The molecule has 1 saturated carbocycles. The maximum atomic E-state index is 11.9. The van der Waals surface area contributed by atoms with Gasteiger partial charge in [0.1, 0.15) is 0 Å². The van der Waals surface area contributed by atoms with Crippen LogP contribution < -0.4 is 10.6 Å². The van der Waals surface area contributed by atoms with Gasteiger partial charge in [-0.25, -0.2) is 4.79 Å². The largest absolute Gasteiger partial charge is 0.388 e. The molecule has 126 valence electrons. The van der Waals surface area contributed by atoms with Crippen LogP contribution in [0.25, 0.3) is 0 Å². The van der Waals surface area contributed by atoms with E-state index in [9.17, 15) is 9.90 Å². The Balaban J connectivity index is 1.40. The van der Waals surface area contributed by atoms with Gasteiger partial charge in [-0.3, -0.25) is 4.90 Å². The average molecular weight is 317 g/mol. The molecule has 1 atom stereocenters. The fraction of sp³-hybridized carbons (Fsp3) is 0.611. The number of carbonyl (C=O) groups excluding carboxylic acids is 1. The van der Waals surface area contributed by atoms with Crippen LogP contribution in [0.4, 0.5) is 4.79 Å². The maximum Gasteiger partial charge on any atom is 0.314 e. The number of amides is 2. The van der Waals surface area contributed by atoms with E-state index in [1.807, 2.05) is 6.07 Å². The van der Waals surface area contributed by atoms with Crippen LogP contribution in [0.2, 0.25) is 0 Å². The third kappa shape index (κ3) is 4.45. The van der Waals surface area contributed by atoms with E-state index in [2.05, 4.69) is 39.8 Å². The lowest BCUT2D eigenvalue weighted by atomic mass is 9.80. The number of hydrogen-bond acceptors (Lipinski definition) is 3. The first-order chi connectivity index (χ1) is 11.1. The lowest BCUT2D eigenvalue weighted by Crippen LogP contribution is -2.51. The molecular weight excluding hydrogens is 290 g/mol. The van der Waals surface area contributed by atoms with E-state index < -0.39 is 5.60 Å². The highest BCUT2D eigenvalue weighted by molar-refractivity contribution is 5.73. The van der Waals surface area contributed by atoms with Crippen LogP contribution in [0.5, 0.6) is 0 Å². The maximum absolute atomic E-state index is 11.9. The molecular formula is C18H27N3O2. The van der Waals surface area contributed by atoms with Gasteiger partial charge in [-0.05, 0) is 44.2 Å². The van der Waals surface area contributed by atoms with Crippen molar-refractivity contribution in [2.45, 2.75) is 50.3 Å². The summed E-state index contributed by atoms with van der Waals surface area (Å²) in [5, 5.41) is 15.7. The minimum Gasteiger partial charge on any atom is -0.388 e. The summed E-state index contributed by atoms with van der Waals surface area (Å²) in [5.74, 6) is 0. The number of benzene rings is 1. The molecule has 0 unspecified atom stereocenters. The standard InChI is InChI=1S/C18H27N3O2/c22-17(20-14-18(23)9-5-10-18)19-12-16-8-4-11-21(16)13-15-6-2-1-3-7-15/h1-3,6-7,16,23H,4-5,8-14H2,(H2,19,20,22)/t16-/m1/s1. The van der Waals surface area contributed by atoms with Gasteiger partial charge >= 0.3 is 6.03 Å². The van der Waals surface area contributed by atoms with Crippen LogP contribution >= 0.6 is 0 Å². The summed E-state index contributed by atoms with van der Waals surface area (Å²) in [5.41, 5.74) is 0.653. The second kappa shape index (κ2) is 7.32. The summed E-state index contributed by atoms with van der Waals surface area (Å²) in [7, 11) is 0. The van der Waals surface area contributed by atoms with Crippen LogP contribution in [-0.4, -0.2) is 47.3 Å². The van der Waals surface area contributed by atoms with Gasteiger partial charge in [0.05, 0.1) is 5.60 Å². The molecule has 2 aliphatic rings. The predicted octanol–water partition coefficient (Wildman–Crippen LogP) is 1.87. The molecule has 1 heterocycles. The van der Waals surface area contributed by atoms with Crippen molar-refractivity contribution in [2.24, 2.45) is 0 Å². The average Bonchev–Trinajstić information content (AvgIpc) is 2.97. The molecule has 3 N–H and O–H groups in total. The Kier molecular flexibility index (Phi) is 5.18. The van der Waals surface area contributed by atoms with Crippen molar-refractivity contribution in [2.75, 3.05) is 19.6 Å². The number of rotatable bonds is 6. The molecule has 1 aromatic rings. The minimum absolute atomic E-state index is 0.170. The zero-order valence-electron chi connectivity index (χ0n) is 13.6. The lowest BCUT2D eigenvalue weighted by molar-refractivity contribution is -0.0290. The van der Waals surface area contributed by atoms with Crippen molar-refractivity contribution in [3.05, 3.63) is 35.9 Å². The number of urea groups is 1. The smallest absolute Gasteiger partial charge is 0.314 e. The summed E-state index contributed by atoms with van der Waals surface area (Å²) < 4.78 is 0. The fourth-order valence-corrected chi connectivity index (χ4v) is 3.43. The van der Waals surface area contributed by atoms with E-state index >= 15 is 0 Å². The van der Waals surface area contributed by atoms with E-state index in [4.69, 9.17) is 0 Å². The summed E-state index contributed by atoms with van der Waals surface area (Å²) in [4.78, 5) is 14.3. The first-order valence-corrected chi connectivity index (χ1v) is 8.67. The highest BCUT2D eigenvalue weighted by atomic mass is 16.3. The van der Waals surface area contributed by atoms with E-state index in [1.165, 1.54) is 12.0 Å². The van der Waals surface area contributed by atoms with E-state index in [1.54, 1.807) is 0 Å². The van der Waals surface area contributed by atoms with Crippen LogP contribution in [0, 0.1) is 0 Å². The van der Waals surface area contributed by atoms with E-state index in [0.29, 0.717) is 19.1 Å². The van der Waals surface area contributed by atoms with Crippen LogP contribution in [0.3, 0.4) is 0 Å². The van der Waals surface area contributed by atoms with Gasteiger partial charge in [0.25, 0.3) is 0 Å². The molecule has 0 spiro atoms. The number of hydrogen-bond donors (Lipinski definition) is 3. The van der Waals surface area contributed by atoms with Crippen molar-refractivity contribution in [3.8, 4) is 0 Å². The number of nitrogens with zero attached hydrogens (tertiary/aromatic N) is 1.